The molecule has 0 bridgehead atoms. The first-order valence-electron chi connectivity index (χ1n) is 6.22. The van der Waals surface area contributed by atoms with Gasteiger partial charge in [-0.25, -0.2) is 12.7 Å². The molecule has 0 aliphatic carbocycles. The first kappa shape index (κ1) is 14.9. The van der Waals surface area contributed by atoms with Crippen LogP contribution in [0, 0.1) is 0 Å². The molecule has 1 N–H and O–H groups in total. The number of piperidine rings is 1. The van der Waals surface area contributed by atoms with E-state index in [1.165, 1.54) is 4.31 Å². The summed E-state index contributed by atoms with van der Waals surface area (Å²) >= 11 is 0. The Labute approximate surface area is 105 Å². The Balaban J connectivity index is 2.45. The van der Waals surface area contributed by atoms with Crippen LogP contribution in [0.25, 0.3) is 0 Å². The fourth-order valence-electron chi connectivity index (χ4n) is 1.89. The van der Waals surface area contributed by atoms with Gasteiger partial charge in [0.25, 0.3) is 0 Å². The van der Waals surface area contributed by atoms with Crippen LogP contribution in [-0.2, 0) is 14.8 Å². The van der Waals surface area contributed by atoms with Gasteiger partial charge in [0.05, 0.1) is 18.0 Å². The number of nitrogens with zero attached hydrogens (tertiary/aromatic N) is 1. The van der Waals surface area contributed by atoms with Crippen LogP contribution < -0.4 is 5.32 Å². The van der Waals surface area contributed by atoms with Crippen molar-refractivity contribution >= 4 is 10.0 Å². The van der Waals surface area contributed by atoms with Gasteiger partial charge < -0.3 is 10.1 Å². The fourth-order valence-corrected chi connectivity index (χ4v) is 3.56. The molecule has 0 amide bonds. The molecule has 1 fully saturated rings. The Kier molecular flexibility index (Phi) is 5.85. The summed E-state index contributed by atoms with van der Waals surface area (Å²) in [5, 5.41) is 2.95. The summed E-state index contributed by atoms with van der Waals surface area (Å²) in [6.45, 7) is 6.37. The molecule has 0 aromatic rings. The molecule has 0 aromatic carbocycles. The SMILES string of the molecule is CC(C)OCCN(C)S(=O)(=O)C1CCNCC1. The minimum atomic E-state index is -3.15. The lowest BCUT2D eigenvalue weighted by molar-refractivity contribution is 0.0735. The summed E-state index contributed by atoms with van der Waals surface area (Å²) < 4.78 is 31.2. The van der Waals surface area contributed by atoms with Crippen LogP contribution in [0.5, 0.6) is 0 Å². The van der Waals surface area contributed by atoms with E-state index >= 15 is 0 Å². The zero-order valence-corrected chi connectivity index (χ0v) is 11.8. The molecule has 0 spiro atoms. The van der Waals surface area contributed by atoms with Gasteiger partial charge in [-0.05, 0) is 39.8 Å². The molecule has 1 aliphatic heterocycles. The summed E-state index contributed by atoms with van der Waals surface area (Å²) in [5.41, 5.74) is 0. The average molecular weight is 264 g/mol. The molecule has 0 radical (unpaired) electrons. The highest BCUT2D eigenvalue weighted by atomic mass is 32.2. The number of rotatable bonds is 6. The topological polar surface area (TPSA) is 58.6 Å². The molecule has 17 heavy (non-hydrogen) atoms. The zero-order chi connectivity index (χ0) is 12.9. The highest BCUT2D eigenvalue weighted by Crippen LogP contribution is 2.16. The van der Waals surface area contributed by atoms with Gasteiger partial charge in [-0.3, -0.25) is 0 Å². The molecule has 0 aromatic heterocycles. The second kappa shape index (κ2) is 6.68. The lowest BCUT2D eigenvalue weighted by Crippen LogP contribution is -2.43. The summed E-state index contributed by atoms with van der Waals surface area (Å²) in [5.74, 6) is 0. The van der Waals surface area contributed by atoms with Crippen molar-refractivity contribution in [2.45, 2.75) is 38.0 Å². The minimum absolute atomic E-state index is 0.144. The number of hydrogen-bond acceptors (Lipinski definition) is 4. The van der Waals surface area contributed by atoms with Gasteiger partial charge in [-0.15, -0.1) is 0 Å². The molecule has 1 rings (SSSR count). The largest absolute Gasteiger partial charge is 0.377 e. The molecule has 0 atom stereocenters. The maximum absolute atomic E-state index is 12.2. The Bertz CT molecular complexity index is 311. The van der Waals surface area contributed by atoms with Crippen molar-refractivity contribution in [3.8, 4) is 0 Å². The smallest absolute Gasteiger partial charge is 0.216 e. The maximum Gasteiger partial charge on any atom is 0.216 e. The summed E-state index contributed by atoms with van der Waals surface area (Å²) in [7, 11) is -1.51. The Morgan fingerprint density at radius 3 is 2.47 bits per heavy atom. The molecule has 1 aliphatic rings. The average Bonchev–Trinajstić information content (AvgIpc) is 2.29. The normalized spacial score (nSPS) is 19.1. The van der Waals surface area contributed by atoms with E-state index in [4.69, 9.17) is 4.74 Å². The van der Waals surface area contributed by atoms with Crippen molar-refractivity contribution in [3.63, 3.8) is 0 Å². The monoisotopic (exact) mass is 264 g/mol. The van der Waals surface area contributed by atoms with Crippen LogP contribution in [-0.4, -0.2) is 57.4 Å². The standard InChI is InChI=1S/C11H24N2O3S/c1-10(2)16-9-8-13(3)17(14,15)11-4-6-12-7-5-11/h10-12H,4-9H2,1-3H3. The van der Waals surface area contributed by atoms with Gasteiger partial charge in [-0.1, -0.05) is 0 Å². The lowest BCUT2D eigenvalue weighted by Gasteiger charge is -2.27. The quantitative estimate of drug-likeness (QED) is 0.755. The van der Waals surface area contributed by atoms with E-state index < -0.39 is 10.0 Å². The summed E-state index contributed by atoms with van der Waals surface area (Å²) in [6.07, 6.45) is 1.56. The predicted molar refractivity (Wildman–Crippen MR) is 68.5 cm³/mol. The molecule has 5 nitrogen and oxygen atoms in total. The van der Waals surface area contributed by atoms with Crippen molar-refractivity contribution in [2.75, 3.05) is 33.3 Å². The van der Waals surface area contributed by atoms with Crippen LogP contribution in [0.2, 0.25) is 0 Å². The van der Waals surface area contributed by atoms with Crippen LogP contribution in [0.3, 0.4) is 0 Å². The second-order valence-electron chi connectivity index (χ2n) is 4.74. The summed E-state index contributed by atoms with van der Waals surface area (Å²) in [6, 6.07) is 0. The number of hydrogen-bond donors (Lipinski definition) is 1. The molecule has 0 saturated carbocycles. The van der Waals surface area contributed by atoms with Gasteiger partial charge >= 0.3 is 0 Å². The van der Waals surface area contributed by atoms with Gasteiger partial charge in [-0.2, -0.15) is 0 Å². The van der Waals surface area contributed by atoms with Crippen LogP contribution >= 0.6 is 0 Å². The third-order valence-corrected chi connectivity index (χ3v) is 5.36. The van der Waals surface area contributed by atoms with Crippen molar-refractivity contribution in [3.05, 3.63) is 0 Å². The highest BCUT2D eigenvalue weighted by Gasteiger charge is 2.30. The van der Waals surface area contributed by atoms with E-state index in [9.17, 15) is 8.42 Å². The molecular weight excluding hydrogens is 240 g/mol. The van der Waals surface area contributed by atoms with Crippen molar-refractivity contribution in [1.82, 2.24) is 9.62 Å². The van der Waals surface area contributed by atoms with E-state index in [-0.39, 0.29) is 11.4 Å². The van der Waals surface area contributed by atoms with E-state index in [1.54, 1.807) is 7.05 Å². The lowest BCUT2D eigenvalue weighted by atomic mass is 10.2. The molecule has 102 valence electrons. The number of nitrogens with one attached hydrogen (secondary N) is 1. The molecular formula is C11H24N2O3S. The van der Waals surface area contributed by atoms with E-state index in [0.717, 1.165) is 13.1 Å². The molecule has 1 heterocycles. The van der Waals surface area contributed by atoms with Crippen LogP contribution in [0.1, 0.15) is 26.7 Å². The van der Waals surface area contributed by atoms with Crippen molar-refractivity contribution < 1.29 is 13.2 Å². The maximum atomic E-state index is 12.2. The number of ether oxygens (including phenoxy) is 1. The fraction of sp³-hybridized carbons (Fsp3) is 1.00. The third-order valence-electron chi connectivity index (χ3n) is 3.00. The first-order valence-corrected chi connectivity index (χ1v) is 7.72. The molecule has 0 unspecified atom stereocenters. The van der Waals surface area contributed by atoms with E-state index in [2.05, 4.69) is 5.32 Å². The Morgan fingerprint density at radius 1 is 1.35 bits per heavy atom. The van der Waals surface area contributed by atoms with Gasteiger partial charge in [0, 0.05) is 13.6 Å². The third kappa shape index (κ3) is 4.54. The second-order valence-corrected chi connectivity index (χ2v) is 7.06. The molecule has 6 heteroatoms. The van der Waals surface area contributed by atoms with Gasteiger partial charge in [0.2, 0.25) is 10.0 Å². The van der Waals surface area contributed by atoms with Gasteiger partial charge in [0.15, 0.2) is 0 Å². The first-order chi connectivity index (χ1) is 7.94. The highest BCUT2D eigenvalue weighted by molar-refractivity contribution is 7.89. The summed E-state index contributed by atoms with van der Waals surface area (Å²) in [4.78, 5) is 0. The zero-order valence-electron chi connectivity index (χ0n) is 11.0. The molecule has 1 saturated heterocycles. The van der Waals surface area contributed by atoms with Crippen LogP contribution in [0.15, 0.2) is 0 Å². The van der Waals surface area contributed by atoms with Crippen LogP contribution in [0.4, 0.5) is 0 Å². The predicted octanol–water partition coefficient (Wildman–Crippen LogP) is 0.425. The minimum Gasteiger partial charge on any atom is -0.377 e. The van der Waals surface area contributed by atoms with Crippen molar-refractivity contribution in [1.29, 1.82) is 0 Å². The van der Waals surface area contributed by atoms with Crippen molar-refractivity contribution in [2.24, 2.45) is 0 Å². The van der Waals surface area contributed by atoms with E-state index in [1.807, 2.05) is 13.8 Å². The van der Waals surface area contributed by atoms with E-state index in [0.29, 0.717) is 26.0 Å². The number of sulfonamides is 1. The number of likely N-dealkylation sites (N-methyl/N-ethyl adjacent to an activating group) is 1. The van der Waals surface area contributed by atoms with Gasteiger partial charge in [0.1, 0.15) is 0 Å². The Morgan fingerprint density at radius 2 is 1.94 bits per heavy atom. The Hall–Kier alpha value is -0.170.